The topological polar surface area (TPSA) is 74.3 Å². The fourth-order valence-electron chi connectivity index (χ4n) is 3.82. The number of nitrogens with zero attached hydrogens (tertiary/aromatic N) is 4. The minimum atomic E-state index is 0.0210. The van der Waals surface area contributed by atoms with Gasteiger partial charge in [-0.05, 0) is 36.4 Å². The van der Waals surface area contributed by atoms with Gasteiger partial charge < -0.3 is 14.6 Å². The molecule has 1 atom stereocenters. The van der Waals surface area contributed by atoms with E-state index in [1.165, 1.54) is 0 Å². The van der Waals surface area contributed by atoms with E-state index in [1.807, 2.05) is 53.4 Å². The monoisotopic (exact) mass is 391 g/mol. The van der Waals surface area contributed by atoms with Crippen LogP contribution in [0.2, 0.25) is 0 Å². The molecular formula is C22H25N5O2. The Bertz CT molecular complexity index is 972. The first-order chi connectivity index (χ1) is 14.1. The second-order valence-electron chi connectivity index (χ2n) is 7.40. The third kappa shape index (κ3) is 4.30. The number of likely N-dealkylation sites (N-methyl/N-ethyl adjacent to an activating group) is 1. The number of carbonyl (C=O) groups excluding carboxylic acids is 1. The summed E-state index contributed by atoms with van der Waals surface area (Å²) in [5, 5.41) is 0. The van der Waals surface area contributed by atoms with Crippen molar-refractivity contribution < 1.29 is 9.53 Å². The number of imidazole rings is 1. The summed E-state index contributed by atoms with van der Waals surface area (Å²) in [5.41, 5.74) is 4.18. The summed E-state index contributed by atoms with van der Waals surface area (Å²) in [6.07, 6.45) is 5.29. The largest absolute Gasteiger partial charge is 0.497 e. The fourth-order valence-corrected chi connectivity index (χ4v) is 3.82. The molecule has 1 amide bonds. The third-order valence-electron chi connectivity index (χ3n) is 5.26. The van der Waals surface area contributed by atoms with Crippen molar-refractivity contribution in [1.82, 2.24) is 24.8 Å². The Balaban J connectivity index is 1.49. The number of nitrogens with one attached hydrogen (secondary N) is 1. The minimum absolute atomic E-state index is 0.0210. The maximum Gasteiger partial charge on any atom is 0.237 e. The van der Waals surface area contributed by atoms with Crippen molar-refractivity contribution in [2.45, 2.75) is 19.0 Å². The minimum Gasteiger partial charge on any atom is -0.497 e. The number of amides is 1. The van der Waals surface area contributed by atoms with Crippen LogP contribution in [-0.4, -0.2) is 57.9 Å². The van der Waals surface area contributed by atoms with E-state index in [2.05, 4.69) is 21.0 Å². The summed E-state index contributed by atoms with van der Waals surface area (Å²) >= 11 is 0. The van der Waals surface area contributed by atoms with Gasteiger partial charge in [-0.2, -0.15) is 0 Å². The van der Waals surface area contributed by atoms with Crippen molar-refractivity contribution in [3.8, 4) is 5.75 Å². The van der Waals surface area contributed by atoms with Gasteiger partial charge in [0, 0.05) is 31.4 Å². The number of aromatic nitrogens is 3. The summed E-state index contributed by atoms with van der Waals surface area (Å²) in [5.74, 6) is 0.927. The van der Waals surface area contributed by atoms with Gasteiger partial charge in [0.2, 0.25) is 5.91 Å². The van der Waals surface area contributed by atoms with Crippen LogP contribution in [0.3, 0.4) is 0 Å². The average molecular weight is 391 g/mol. The third-order valence-corrected chi connectivity index (χ3v) is 5.26. The van der Waals surface area contributed by atoms with E-state index in [9.17, 15) is 4.79 Å². The molecule has 0 radical (unpaired) electrons. The number of ether oxygens (including phenoxy) is 1. The predicted octanol–water partition coefficient (Wildman–Crippen LogP) is 2.42. The Morgan fingerprint density at radius 3 is 3.03 bits per heavy atom. The molecule has 4 rings (SSSR count). The average Bonchev–Trinajstić information content (AvgIpc) is 3.22. The maximum absolute atomic E-state index is 13.0. The zero-order chi connectivity index (χ0) is 20.2. The Morgan fingerprint density at radius 1 is 1.34 bits per heavy atom. The summed E-state index contributed by atoms with van der Waals surface area (Å²) < 4.78 is 5.38. The normalized spacial score (nSPS) is 16.0. The van der Waals surface area contributed by atoms with Crippen LogP contribution in [0.5, 0.6) is 5.75 Å². The zero-order valence-corrected chi connectivity index (χ0v) is 16.7. The molecule has 7 nitrogen and oxygen atoms in total. The molecule has 1 N–H and O–H groups in total. The highest BCUT2D eigenvalue weighted by Gasteiger charge is 2.31. The molecule has 1 unspecified atom stereocenters. The van der Waals surface area contributed by atoms with E-state index < -0.39 is 0 Å². The molecule has 29 heavy (non-hydrogen) atoms. The van der Waals surface area contributed by atoms with E-state index in [4.69, 9.17) is 4.74 Å². The Hall–Kier alpha value is -3.19. The fraction of sp³-hybridized carbons (Fsp3) is 0.318. The summed E-state index contributed by atoms with van der Waals surface area (Å²) in [7, 11) is 3.61. The van der Waals surface area contributed by atoms with Gasteiger partial charge in [0.15, 0.2) is 0 Å². The highest BCUT2D eigenvalue weighted by atomic mass is 16.5. The first-order valence-corrected chi connectivity index (χ1v) is 9.65. The lowest BCUT2D eigenvalue weighted by Crippen LogP contribution is -2.43. The molecule has 1 aliphatic rings. The number of pyridine rings is 1. The van der Waals surface area contributed by atoms with Crippen LogP contribution < -0.4 is 4.74 Å². The molecule has 150 valence electrons. The molecular weight excluding hydrogens is 366 g/mol. The highest BCUT2D eigenvalue weighted by Crippen LogP contribution is 2.33. The summed E-state index contributed by atoms with van der Waals surface area (Å²) in [4.78, 5) is 28.8. The van der Waals surface area contributed by atoms with Gasteiger partial charge in [-0.15, -0.1) is 0 Å². The second kappa shape index (κ2) is 8.45. The Labute approximate surface area is 170 Å². The Morgan fingerprint density at radius 2 is 2.24 bits per heavy atom. The van der Waals surface area contributed by atoms with Crippen molar-refractivity contribution >= 4 is 5.91 Å². The molecule has 3 aromatic rings. The van der Waals surface area contributed by atoms with Crippen molar-refractivity contribution in [2.24, 2.45) is 0 Å². The van der Waals surface area contributed by atoms with Gasteiger partial charge in [-0.25, -0.2) is 4.98 Å². The first-order valence-electron chi connectivity index (χ1n) is 9.65. The molecule has 0 spiro atoms. The molecule has 0 fully saturated rings. The van der Waals surface area contributed by atoms with Crippen LogP contribution in [-0.2, 0) is 17.9 Å². The van der Waals surface area contributed by atoms with Crippen LogP contribution in [0.25, 0.3) is 0 Å². The van der Waals surface area contributed by atoms with E-state index in [0.29, 0.717) is 26.2 Å². The smallest absolute Gasteiger partial charge is 0.237 e. The van der Waals surface area contributed by atoms with Crippen LogP contribution in [0.4, 0.5) is 0 Å². The molecule has 0 aliphatic carbocycles. The molecule has 2 aromatic heterocycles. The second-order valence-corrected chi connectivity index (χ2v) is 7.40. The number of fused-ring (bicyclic) bond motifs is 1. The standard InChI is InChI=1S/C22H25N5O2/c1-26(11-16-5-4-8-23-10-16)14-21(28)27-12-19(22-20(13-27)24-15-25-22)17-6-3-7-18(9-17)29-2/h3-10,15,19H,11-14H2,1-2H3,(H,24,25). The van der Waals surface area contributed by atoms with E-state index in [1.54, 1.807) is 19.6 Å². The lowest BCUT2D eigenvalue weighted by Gasteiger charge is -2.33. The first kappa shape index (κ1) is 19.1. The van der Waals surface area contributed by atoms with Gasteiger partial charge in [0.05, 0.1) is 37.9 Å². The number of rotatable bonds is 6. The SMILES string of the molecule is COc1cccc(C2CN(C(=O)CN(C)Cc3cccnc3)Cc3[nH]cnc32)c1. The molecule has 0 saturated carbocycles. The highest BCUT2D eigenvalue weighted by molar-refractivity contribution is 5.78. The predicted molar refractivity (Wildman–Crippen MR) is 109 cm³/mol. The van der Waals surface area contributed by atoms with E-state index in [-0.39, 0.29) is 11.8 Å². The molecule has 1 aromatic carbocycles. The lowest BCUT2D eigenvalue weighted by atomic mass is 9.90. The van der Waals surface area contributed by atoms with Crippen molar-refractivity contribution in [2.75, 3.05) is 27.2 Å². The van der Waals surface area contributed by atoms with Crippen molar-refractivity contribution in [1.29, 1.82) is 0 Å². The van der Waals surface area contributed by atoms with Crippen LogP contribution in [0, 0.1) is 0 Å². The van der Waals surface area contributed by atoms with Gasteiger partial charge in [0.1, 0.15) is 5.75 Å². The maximum atomic E-state index is 13.0. The number of aromatic amines is 1. The Kier molecular flexibility index (Phi) is 5.57. The number of benzene rings is 1. The lowest BCUT2D eigenvalue weighted by molar-refractivity contribution is -0.133. The van der Waals surface area contributed by atoms with Gasteiger partial charge in [-0.3, -0.25) is 14.7 Å². The quantitative estimate of drug-likeness (QED) is 0.699. The van der Waals surface area contributed by atoms with Crippen LogP contribution in [0.1, 0.15) is 28.4 Å². The summed E-state index contributed by atoms with van der Waals surface area (Å²) in [6.45, 7) is 2.19. The number of hydrogen-bond acceptors (Lipinski definition) is 5. The van der Waals surface area contributed by atoms with Crippen molar-refractivity contribution in [3.05, 3.63) is 77.6 Å². The number of hydrogen-bond donors (Lipinski definition) is 1. The number of methoxy groups -OCH3 is 1. The zero-order valence-electron chi connectivity index (χ0n) is 16.7. The van der Waals surface area contributed by atoms with Crippen molar-refractivity contribution in [3.63, 3.8) is 0 Å². The molecule has 7 heteroatoms. The summed E-state index contributed by atoms with van der Waals surface area (Å²) in [6, 6.07) is 11.9. The van der Waals surface area contributed by atoms with Gasteiger partial charge in [0.25, 0.3) is 0 Å². The van der Waals surface area contributed by atoms with Gasteiger partial charge in [-0.1, -0.05) is 18.2 Å². The van der Waals surface area contributed by atoms with E-state index in [0.717, 1.165) is 28.3 Å². The van der Waals surface area contributed by atoms with Gasteiger partial charge >= 0.3 is 0 Å². The molecule has 3 heterocycles. The van der Waals surface area contributed by atoms with Crippen LogP contribution >= 0.6 is 0 Å². The number of H-pyrrole nitrogens is 1. The molecule has 0 saturated heterocycles. The van der Waals surface area contributed by atoms with E-state index >= 15 is 0 Å². The molecule has 0 bridgehead atoms. The number of carbonyl (C=O) groups is 1. The van der Waals surface area contributed by atoms with Crippen LogP contribution in [0.15, 0.2) is 55.1 Å². The molecule has 1 aliphatic heterocycles.